The summed E-state index contributed by atoms with van der Waals surface area (Å²) in [6, 6.07) is 1.98. The molecule has 20 heavy (non-hydrogen) atoms. The summed E-state index contributed by atoms with van der Waals surface area (Å²) in [6.07, 6.45) is 1.69. The lowest BCUT2D eigenvalue weighted by Crippen LogP contribution is -2.29. The van der Waals surface area contributed by atoms with Gasteiger partial charge in [0.25, 0.3) is 0 Å². The molecule has 0 radical (unpaired) electrons. The third-order valence-corrected chi connectivity index (χ3v) is 3.24. The Morgan fingerprint density at radius 3 is 3.00 bits per heavy atom. The summed E-state index contributed by atoms with van der Waals surface area (Å²) in [5, 5.41) is 8.93. The lowest BCUT2D eigenvalue weighted by Gasteiger charge is -2.14. The molecule has 0 unspecified atom stereocenters. The van der Waals surface area contributed by atoms with Crippen LogP contribution in [0.1, 0.15) is 23.8 Å². The second-order valence-electron chi connectivity index (χ2n) is 3.83. The van der Waals surface area contributed by atoms with E-state index in [9.17, 15) is 9.59 Å². The van der Waals surface area contributed by atoms with Gasteiger partial charge in [-0.25, -0.2) is 9.78 Å². The van der Waals surface area contributed by atoms with Crippen molar-refractivity contribution in [2.75, 3.05) is 26.0 Å². The predicted octanol–water partition coefficient (Wildman–Crippen LogP) is 1.05. The molecule has 0 aliphatic rings. The summed E-state index contributed by atoms with van der Waals surface area (Å²) in [7, 11) is 1.65. The maximum absolute atomic E-state index is 11.7. The van der Waals surface area contributed by atoms with Gasteiger partial charge in [-0.3, -0.25) is 4.79 Å². The number of nitriles is 1. The van der Waals surface area contributed by atoms with E-state index in [0.29, 0.717) is 24.7 Å². The number of hydrogen-bond acceptors (Lipinski definition) is 6. The van der Waals surface area contributed by atoms with Gasteiger partial charge in [-0.05, 0) is 6.92 Å². The number of nitrogens with one attached hydrogen (secondary N) is 1. The first-order valence-corrected chi connectivity index (χ1v) is 7.02. The van der Waals surface area contributed by atoms with Gasteiger partial charge >= 0.3 is 5.97 Å². The summed E-state index contributed by atoms with van der Waals surface area (Å²) < 4.78 is 4.82. The van der Waals surface area contributed by atoms with Gasteiger partial charge < -0.3 is 14.6 Å². The molecular weight excluding hydrogens is 280 g/mol. The Balaban J connectivity index is 2.44. The predicted molar refractivity (Wildman–Crippen MR) is 73.1 cm³/mol. The molecule has 0 atom stereocenters. The first kappa shape index (κ1) is 16.0. The zero-order valence-corrected chi connectivity index (χ0v) is 12.2. The number of carbonyl (C=O) groups is 2. The number of aromatic nitrogens is 2. The van der Waals surface area contributed by atoms with Crippen molar-refractivity contribution < 1.29 is 14.3 Å². The van der Waals surface area contributed by atoms with E-state index in [1.54, 1.807) is 14.0 Å². The second-order valence-corrected chi connectivity index (χ2v) is 4.80. The summed E-state index contributed by atoms with van der Waals surface area (Å²) in [4.78, 5) is 31.4. The number of imidazole rings is 1. The lowest BCUT2D eigenvalue weighted by atomic mass is 10.4. The van der Waals surface area contributed by atoms with Crippen LogP contribution in [0.25, 0.3) is 0 Å². The van der Waals surface area contributed by atoms with E-state index in [1.165, 1.54) is 22.9 Å². The van der Waals surface area contributed by atoms with Gasteiger partial charge in [-0.15, -0.1) is 0 Å². The Morgan fingerprint density at radius 2 is 2.35 bits per heavy atom. The summed E-state index contributed by atoms with van der Waals surface area (Å²) in [6.45, 7) is 2.42. The first-order valence-electron chi connectivity index (χ1n) is 6.04. The summed E-state index contributed by atoms with van der Waals surface area (Å²) >= 11 is 1.20. The van der Waals surface area contributed by atoms with E-state index >= 15 is 0 Å². The number of thioether (sulfide) groups is 1. The van der Waals surface area contributed by atoms with Crippen LogP contribution in [0.5, 0.6) is 0 Å². The number of hydrogen-bond donors (Lipinski definition) is 1. The fourth-order valence-electron chi connectivity index (χ4n) is 1.27. The van der Waals surface area contributed by atoms with E-state index in [-0.39, 0.29) is 17.4 Å². The molecule has 1 aromatic heterocycles. The van der Waals surface area contributed by atoms with Crippen LogP contribution in [0.3, 0.4) is 0 Å². The van der Waals surface area contributed by atoms with E-state index in [2.05, 4.69) is 9.97 Å². The molecule has 0 saturated heterocycles. The molecule has 1 heterocycles. The zero-order valence-electron chi connectivity index (χ0n) is 11.4. The molecule has 8 heteroatoms. The van der Waals surface area contributed by atoms with Crippen LogP contribution in [0.4, 0.5) is 0 Å². The number of H-pyrrole nitrogens is 1. The number of carbonyl (C=O) groups excluding carboxylic acids is 2. The van der Waals surface area contributed by atoms with Crippen molar-refractivity contribution in [1.82, 2.24) is 14.9 Å². The van der Waals surface area contributed by atoms with Gasteiger partial charge in [0.05, 0.1) is 31.0 Å². The minimum atomic E-state index is -0.468. The average molecular weight is 296 g/mol. The van der Waals surface area contributed by atoms with Gasteiger partial charge in [0.1, 0.15) is 5.69 Å². The van der Waals surface area contributed by atoms with Crippen molar-refractivity contribution in [1.29, 1.82) is 5.26 Å². The average Bonchev–Trinajstić information content (AvgIpc) is 2.91. The van der Waals surface area contributed by atoms with Crippen LogP contribution in [0.15, 0.2) is 11.4 Å². The Labute approximate surface area is 121 Å². The number of amides is 1. The largest absolute Gasteiger partial charge is 0.461 e. The lowest BCUT2D eigenvalue weighted by molar-refractivity contribution is -0.127. The molecule has 0 saturated carbocycles. The molecule has 1 N–H and O–H groups in total. The van der Waals surface area contributed by atoms with E-state index < -0.39 is 5.97 Å². The van der Waals surface area contributed by atoms with Crippen LogP contribution in [0.2, 0.25) is 0 Å². The highest BCUT2D eigenvalue weighted by atomic mass is 32.2. The zero-order chi connectivity index (χ0) is 15.0. The van der Waals surface area contributed by atoms with Crippen molar-refractivity contribution in [3.63, 3.8) is 0 Å². The highest BCUT2D eigenvalue weighted by molar-refractivity contribution is 7.99. The molecule has 1 amide bonds. The molecule has 0 fully saturated rings. The molecule has 0 aliphatic carbocycles. The SMILES string of the molecule is CCOC(=O)c1cnc(SCC(=O)N(C)CCC#N)[nH]1. The fourth-order valence-corrected chi connectivity index (χ4v) is 2.06. The fraction of sp³-hybridized carbons (Fsp3) is 0.500. The standard InChI is InChI=1S/C12H16N4O3S/c1-3-19-11(18)9-7-14-12(15-9)20-8-10(17)16(2)6-4-5-13/h7H,3-4,6,8H2,1-2H3,(H,14,15). The van der Waals surface area contributed by atoms with E-state index in [4.69, 9.17) is 10.00 Å². The molecule has 7 nitrogen and oxygen atoms in total. The van der Waals surface area contributed by atoms with Crippen LogP contribution < -0.4 is 0 Å². The minimum Gasteiger partial charge on any atom is -0.461 e. The van der Waals surface area contributed by atoms with Gasteiger partial charge in [0.15, 0.2) is 5.16 Å². The molecule has 0 spiro atoms. The Hall–Kier alpha value is -2.01. The Morgan fingerprint density at radius 1 is 1.60 bits per heavy atom. The number of rotatable bonds is 7. The van der Waals surface area contributed by atoms with E-state index in [1.807, 2.05) is 6.07 Å². The maximum Gasteiger partial charge on any atom is 0.356 e. The third-order valence-electron chi connectivity index (χ3n) is 2.36. The number of esters is 1. The minimum absolute atomic E-state index is 0.0978. The quantitative estimate of drug-likeness (QED) is 0.596. The second kappa shape index (κ2) is 8.22. The molecule has 1 aromatic rings. The number of ether oxygens (including phenoxy) is 1. The molecule has 108 valence electrons. The molecule has 0 aliphatic heterocycles. The number of aromatic amines is 1. The smallest absolute Gasteiger partial charge is 0.356 e. The Kier molecular flexibility index (Phi) is 6.59. The van der Waals surface area contributed by atoms with Crippen molar-refractivity contribution in [2.24, 2.45) is 0 Å². The van der Waals surface area contributed by atoms with Crippen LogP contribution in [-0.2, 0) is 9.53 Å². The highest BCUT2D eigenvalue weighted by Crippen LogP contribution is 2.14. The van der Waals surface area contributed by atoms with Crippen molar-refractivity contribution in [2.45, 2.75) is 18.5 Å². The first-order chi connectivity index (χ1) is 9.58. The highest BCUT2D eigenvalue weighted by Gasteiger charge is 2.13. The molecule has 0 bridgehead atoms. The summed E-state index contributed by atoms with van der Waals surface area (Å²) in [5.74, 6) is -0.374. The van der Waals surface area contributed by atoms with Crippen LogP contribution in [-0.4, -0.2) is 52.7 Å². The summed E-state index contributed by atoms with van der Waals surface area (Å²) in [5.41, 5.74) is 0.264. The van der Waals surface area contributed by atoms with Crippen molar-refractivity contribution >= 4 is 23.6 Å². The molecular formula is C12H16N4O3S. The van der Waals surface area contributed by atoms with Gasteiger partial charge in [0.2, 0.25) is 5.91 Å². The molecule has 1 rings (SSSR count). The number of nitrogens with zero attached hydrogens (tertiary/aromatic N) is 3. The monoisotopic (exact) mass is 296 g/mol. The topological polar surface area (TPSA) is 99.1 Å². The normalized spacial score (nSPS) is 9.85. The van der Waals surface area contributed by atoms with Crippen LogP contribution >= 0.6 is 11.8 Å². The van der Waals surface area contributed by atoms with Crippen molar-refractivity contribution in [3.8, 4) is 6.07 Å². The van der Waals surface area contributed by atoms with Gasteiger partial charge in [-0.1, -0.05) is 11.8 Å². The van der Waals surface area contributed by atoms with Crippen LogP contribution in [0, 0.1) is 11.3 Å². The Bertz CT molecular complexity index is 509. The maximum atomic E-state index is 11.7. The third kappa shape index (κ3) is 4.93. The molecule has 0 aromatic carbocycles. The van der Waals surface area contributed by atoms with Crippen molar-refractivity contribution in [3.05, 3.63) is 11.9 Å². The van der Waals surface area contributed by atoms with Gasteiger partial charge in [-0.2, -0.15) is 5.26 Å². The van der Waals surface area contributed by atoms with Gasteiger partial charge in [0, 0.05) is 13.6 Å². The van der Waals surface area contributed by atoms with E-state index in [0.717, 1.165) is 0 Å².